The number of aliphatic hydroxyl groups is 1. The Bertz CT molecular complexity index is 514. The molecule has 2 aliphatic rings. The molecule has 1 atom stereocenters. The van der Waals surface area contributed by atoms with Gasteiger partial charge in [0, 0.05) is 12.2 Å². The van der Waals surface area contributed by atoms with Gasteiger partial charge in [0.2, 0.25) is 0 Å². The molecule has 0 saturated carbocycles. The van der Waals surface area contributed by atoms with Crippen LogP contribution in [0.25, 0.3) is 0 Å². The number of anilines is 1. The van der Waals surface area contributed by atoms with E-state index in [1.54, 1.807) is 0 Å². The summed E-state index contributed by atoms with van der Waals surface area (Å²) in [6, 6.07) is 2.14. The van der Waals surface area contributed by atoms with Crippen molar-refractivity contribution in [3.05, 3.63) is 22.9 Å². The summed E-state index contributed by atoms with van der Waals surface area (Å²) in [5.74, 6) is 0.866. The second kappa shape index (κ2) is 4.81. The number of nitrogen functional groups attached to an aromatic ring is 1. The first-order chi connectivity index (χ1) is 9.20. The maximum atomic E-state index is 9.47. The SMILES string of the molecule is N=C(N)c1cc2c(nc1N1CCCC1CO)CCC2. The summed E-state index contributed by atoms with van der Waals surface area (Å²) >= 11 is 0. The van der Waals surface area contributed by atoms with E-state index in [0.29, 0.717) is 0 Å². The van der Waals surface area contributed by atoms with Gasteiger partial charge >= 0.3 is 0 Å². The van der Waals surface area contributed by atoms with Gasteiger partial charge in [0.15, 0.2) is 0 Å². The number of aliphatic hydroxyl groups excluding tert-OH is 1. The van der Waals surface area contributed by atoms with Gasteiger partial charge in [-0.2, -0.15) is 0 Å². The molecule has 3 rings (SSSR count). The van der Waals surface area contributed by atoms with E-state index in [2.05, 4.69) is 4.90 Å². The maximum Gasteiger partial charge on any atom is 0.140 e. The van der Waals surface area contributed by atoms with E-state index >= 15 is 0 Å². The molecule has 19 heavy (non-hydrogen) atoms. The normalized spacial score (nSPS) is 21.7. The molecule has 5 heteroatoms. The zero-order valence-corrected chi connectivity index (χ0v) is 11.0. The number of nitrogens with zero attached hydrogens (tertiary/aromatic N) is 2. The summed E-state index contributed by atoms with van der Waals surface area (Å²) in [6.45, 7) is 1.02. The van der Waals surface area contributed by atoms with E-state index in [0.717, 1.165) is 55.7 Å². The predicted octanol–water partition coefficient (Wildman–Crippen LogP) is 0.815. The van der Waals surface area contributed by atoms with Crippen LogP contribution in [0.15, 0.2) is 6.07 Å². The number of fused-ring (bicyclic) bond motifs is 1. The summed E-state index contributed by atoms with van der Waals surface area (Å²) in [4.78, 5) is 6.87. The van der Waals surface area contributed by atoms with E-state index in [-0.39, 0.29) is 18.5 Å². The van der Waals surface area contributed by atoms with Crippen LogP contribution < -0.4 is 10.6 Å². The quantitative estimate of drug-likeness (QED) is 0.554. The first-order valence-electron chi connectivity index (χ1n) is 6.95. The summed E-state index contributed by atoms with van der Waals surface area (Å²) in [6.07, 6.45) is 5.21. The van der Waals surface area contributed by atoms with Crippen LogP contribution in [-0.4, -0.2) is 35.1 Å². The predicted molar refractivity (Wildman–Crippen MR) is 74.7 cm³/mol. The van der Waals surface area contributed by atoms with Gasteiger partial charge < -0.3 is 15.7 Å². The highest BCUT2D eigenvalue weighted by molar-refractivity contribution is 6.00. The fourth-order valence-corrected chi connectivity index (χ4v) is 3.18. The number of nitrogens with one attached hydrogen (secondary N) is 1. The Kier molecular flexibility index (Phi) is 3.14. The molecule has 1 aromatic rings. The van der Waals surface area contributed by atoms with E-state index in [9.17, 15) is 5.11 Å². The van der Waals surface area contributed by atoms with Crippen molar-refractivity contribution in [3.8, 4) is 0 Å². The topological polar surface area (TPSA) is 86.2 Å². The molecule has 2 heterocycles. The number of hydrogen-bond acceptors (Lipinski definition) is 4. The van der Waals surface area contributed by atoms with Gasteiger partial charge in [-0.3, -0.25) is 5.41 Å². The van der Waals surface area contributed by atoms with Crippen molar-refractivity contribution < 1.29 is 5.11 Å². The van der Waals surface area contributed by atoms with E-state index in [1.165, 1.54) is 5.56 Å². The molecule has 1 aliphatic heterocycles. The van der Waals surface area contributed by atoms with Crippen LogP contribution in [0.4, 0.5) is 5.82 Å². The zero-order valence-electron chi connectivity index (χ0n) is 11.0. The molecule has 0 amide bonds. The number of nitrogens with two attached hydrogens (primary N) is 1. The highest BCUT2D eigenvalue weighted by Gasteiger charge is 2.29. The Morgan fingerprint density at radius 1 is 1.47 bits per heavy atom. The van der Waals surface area contributed by atoms with Crippen LogP contribution in [-0.2, 0) is 12.8 Å². The minimum absolute atomic E-state index is 0.0702. The van der Waals surface area contributed by atoms with Crippen molar-refractivity contribution >= 4 is 11.7 Å². The third kappa shape index (κ3) is 2.08. The maximum absolute atomic E-state index is 9.47. The zero-order chi connectivity index (χ0) is 13.4. The minimum atomic E-state index is 0.0702. The van der Waals surface area contributed by atoms with Crippen LogP contribution >= 0.6 is 0 Å². The van der Waals surface area contributed by atoms with Crippen LogP contribution in [0.3, 0.4) is 0 Å². The summed E-state index contributed by atoms with van der Waals surface area (Å²) in [5, 5.41) is 17.2. The van der Waals surface area contributed by atoms with Gasteiger partial charge in [-0.25, -0.2) is 4.98 Å². The third-order valence-electron chi connectivity index (χ3n) is 4.18. The average molecular weight is 260 g/mol. The molecule has 1 aromatic heterocycles. The smallest absolute Gasteiger partial charge is 0.140 e. The highest BCUT2D eigenvalue weighted by Crippen LogP contribution is 2.31. The van der Waals surface area contributed by atoms with Crippen LogP contribution in [0.1, 0.15) is 36.1 Å². The molecule has 0 spiro atoms. The lowest BCUT2D eigenvalue weighted by Gasteiger charge is -2.26. The number of amidine groups is 1. The Morgan fingerprint density at radius 3 is 3.05 bits per heavy atom. The number of aryl methyl sites for hydroxylation is 2. The van der Waals surface area contributed by atoms with Crippen molar-refractivity contribution in [2.45, 2.75) is 38.1 Å². The number of pyridine rings is 1. The molecule has 102 valence electrons. The number of hydrogen-bond donors (Lipinski definition) is 3. The van der Waals surface area contributed by atoms with Gasteiger partial charge in [0.1, 0.15) is 11.7 Å². The first kappa shape index (κ1) is 12.4. The molecule has 0 radical (unpaired) electrons. The highest BCUT2D eigenvalue weighted by atomic mass is 16.3. The Morgan fingerprint density at radius 2 is 2.32 bits per heavy atom. The van der Waals surface area contributed by atoms with Crippen LogP contribution in [0, 0.1) is 5.41 Å². The molecule has 5 nitrogen and oxygen atoms in total. The van der Waals surface area contributed by atoms with E-state index in [1.807, 2.05) is 6.07 Å². The molecule has 1 saturated heterocycles. The molecular weight excluding hydrogens is 240 g/mol. The van der Waals surface area contributed by atoms with E-state index in [4.69, 9.17) is 16.1 Å². The van der Waals surface area contributed by atoms with E-state index < -0.39 is 0 Å². The van der Waals surface area contributed by atoms with Gasteiger partial charge in [0.05, 0.1) is 18.2 Å². The van der Waals surface area contributed by atoms with Crippen molar-refractivity contribution in [1.82, 2.24) is 4.98 Å². The largest absolute Gasteiger partial charge is 0.394 e. The van der Waals surface area contributed by atoms with Gasteiger partial charge in [-0.1, -0.05) is 0 Å². The number of aromatic nitrogens is 1. The third-order valence-corrected chi connectivity index (χ3v) is 4.18. The second-order valence-electron chi connectivity index (χ2n) is 5.40. The second-order valence-corrected chi connectivity index (χ2v) is 5.40. The summed E-state index contributed by atoms with van der Waals surface area (Å²) in [7, 11) is 0. The average Bonchev–Trinajstić information content (AvgIpc) is 3.04. The lowest BCUT2D eigenvalue weighted by atomic mass is 10.1. The van der Waals surface area contributed by atoms with Crippen molar-refractivity contribution in [3.63, 3.8) is 0 Å². The minimum Gasteiger partial charge on any atom is -0.394 e. The van der Waals surface area contributed by atoms with Gasteiger partial charge in [0.25, 0.3) is 0 Å². The lowest BCUT2D eigenvalue weighted by molar-refractivity contribution is 0.266. The Balaban J connectivity index is 2.06. The lowest BCUT2D eigenvalue weighted by Crippen LogP contribution is -2.35. The summed E-state index contributed by atoms with van der Waals surface area (Å²) < 4.78 is 0. The Labute approximate surface area is 113 Å². The molecule has 0 bridgehead atoms. The standard InChI is InChI=1S/C14H20N4O/c15-13(16)11-7-9-3-1-5-12(9)17-14(11)18-6-2-4-10(18)8-19/h7,10,19H,1-6,8H2,(H3,15,16). The van der Waals surface area contributed by atoms with Crippen LogP contribution in [0.2, 0.25) is 0 Å². The molecule has 1 unspecified atom stereocenters. The van der Waals surface area contributed by atoms with Crippen molar-refractivity contribution in [2.24, 2.45) is 5.73 Å². The number of rotatable bonds is 3. The monoisotopic (exact) mass is 260 g/mol. The molecular formula is C14H20N4O. The fraction of sp³-hybridized carbons (Fsp3) is 0.571. The van der Waals surface area contributed by atoms with Crippen LogP contribution in [0.5, 0.6) is 0 Å². The van der Waals surface area contributed by atoms with Gasteiger partial charge in [-0.05, 0) is 43.7 Å². The molecule has 4 N–H and O–H groups in total. The molecule has 0 aromatic carbocycles. The summed E-state index contributed by atoms with van der Waals surface area (Å²) in [5.41, 5.74) is 8.81. The first-order valence-corrected chi connectivity index (χ1v) is 6.95. The molecule has 1 aliphatic carbocycles. The van der Waals surface area contributed by atoms with Crippen molar-refractivity contribution in [2.75, 3.05) is 18.1 Å². The Hall–Kier alpha value is -1.62. The fourth-order valence-electron chi connectivity index (χ4n) is 3.18. The van der Waals surface area contributed by atoms with Crippen molar-refractivity contribution in [1.29, 1.82) is 5.41 Å². The molecule has 1 fully saturated rings. The van der Waals surface area contributed by atoms with Gasteiger partial charge in [-0.15, -0.1) is 0 Å².